The molecule has 0 saturated carbocycles. The summed E-state index contributed by atoms with van der Waals surface area (Å²) >= 11 is 1.16. The van der Waals surface area contributed by atoms with Crippen LogP contribution in [0, 0.1) is 0 Å². The molecule has 2 fully saturated rings. The highest BCUT2D eigenvalue weighted by Crippen LogP contribution is 2.29. The first-order valence-electron chi connectivity index (χ1n) is 12.0. The third kappa shape index (κ3) is 5.16. The van der Waals surface area contributed by atoms with Gasteiger partial charge in [-0.1, -0.05) is 47.7 Å². The molecule has 2 aromatic carbocycles. The minimum atomic E-state index is -3.62. The van der Waals surface area contributed by atoms with E-state index in [-0.39, 0.29) is 4.90 Å². The van der Waals surface area contributed by atoms with Gasteiger partial charge in [0.1, 0.15) is 4.88 Å². The molecule has 3 aromatic rings. The number of carbonyl (C=O) groups is 1. The number of hydroxylamine groups is 1. The Morgan fingerprint density at radius 3 is 2.36 bits per heavy atom. The number of nitrogens with zero attached hydrogens (tertiary/aromatic N) is 4. The summed E-state index contributed by atoms with van der Waals surface area (Å²) in [4.78, 5) is 20.8. The van der Waals surface area contributed by atoms with Crippen molar-refractivity contribution < 1.29 is 18.4 Å². The summed E-state index contributed by atoms with van der Waals surface area (Å²) in [6.45, 7) is 4.74. The van der Waals surface area contributed by atoms with Crippen LogP contribution in [0.4, 0.5) is 5.13 Å². The van der Waals surface area contributed by atoms with Crippen molar-refractivity contribution in [2.24, 2.45) is 0 Å². The number of anilines is 1. The molecule has 5 rings (SSSR count). The molecule has 0 bridgehead atoms. The van der Waals surface area contributed by atoms with Gasteiger partial charge in [-0.05, 0) is 54.8 Å². The molecule has 0 unspecified atom stereocenters. The Morgan fingerprint density at radius 1 is 0.972 bits per heavy atom. The average Bonchev–Trinajstić information content (AvgIpc) is 3.62. The van der Waals surface area contributed by atoms with Crippen molar-refractivity contribution in [1.29, 1.82) is 0 Å². The highest BCUT2D eigenvalue weighted by molar-refractivity contribution is 7.89. The number of rotatable bonds is 7. The lowest BCUT2D eigenvalue weighted by Gasteiger charge is -2.33. The average molecular weight is 528 g/mol. The molecular formula is C25H29N5O4S2. The van der Waals surface area contributed by atoms with Crippen LogP contribution >= 0.6 is 11.3 Å². The van der Waals surface area contributed by atoms with Gasteiger partial charge in [0.25, 0.3) is 5.91 Å². The van der Waals surface area contributed by atoms with Gasteiger partial charge in [0, 0.05) is 32.7 Å². The summed E-state index contributed by atoms with van der Waals surface area (Å²) in [5, 5.41) is 9.41. The van der Waals surface area contributed by atoms with Crippen molar-refractivity contribution in [3.05, 3.63) is 65.2 Å². The van der Waals surface area contributed by atoms with Crippen molar-refractivity contribution >= 4 is 32.4 Å². The molecule has 190 valence electrons. The number of likely N-dealkylation sites (tertiary alicyclic amines) is 1. The number of amides is 1. The van der Waals surface area contributed by atoms with Gasteiger partial charge in [0.15, 0.2) is 5.13 Å². The zero-order valence-electron chi connectivity index (χ0n) is 19.8. The largest absolute Gasteiger partial charge is 0.345 e. The zero-order valence-corrected chi connectivity index (χ0v) is 21.5. The van der Waals surface area contributed by atoms with E-state index in [0.717, 1.165) is 42.1 Å². The smallest absolute Gasteiger partial charge is 0.286 e. The van der Waals surface area contributed by atoms with E-state index < -0.39 is 15.9 Å². The third-order valence-electron chi connectivity index (χ3n) is 6.74. The first kappa shape index (κ1) is 24.8. The number of benzene rings is 2. The van der Waals surface area contributed by atoms with Gasteiger partial charge in [0.2, 0.25) is 10.0 Å². The predicted molar refractivity (Wildman–Crippen MR) is 139 cm³/mol. The van der Waals surface area contributed by atoms with Crippen LogP contribution in [0.3, 0.4) is 0 Å². The number of piperazine rings is 1. The fourth-order valence-electron chi connectivity index (χ4n) is 4.77. The lowest BCUT2D eigenvalue weighted by Crippen LogP contribution is -2.48. The van der Waals surface area contributed by atoms with Gasteiger partial charge < -0.3 is 4.90 Å². The van der Waals surface area contributed by atoms with E-state index in [9.17, 15) is 13.2 Å². The molecule has 0 radical (unpaired) electrons. The summed E-state index contributed by atoms with van der Waals surface area (Å²) in [5.41, 5.74) is 5.01. The number of hydrogen-bond donors (Lipinski definition) is 2. The maximum Gasteiger partial charge on any atom is 0.286 e. The van der Waals surface area contributed by atoms with Crippen molar-refractivity contribution in [2.75, 3.05) is 44.2 Å². The van der Waals surface area contributed by atoms with Crippen LogP contribution in [-0.4, -0.2) is 73.0 Å². The van der Waals surface area contributed by atoms with Crippen LogP contribution < -0.4 is 10.4 Å². The minimum absolute atomic E-state index is 0.285. The highest BCUT2D eigenvalue weighted by Gasteiger charge is 2.29. The van der Waals surface area contributed by atoms with E-state index in [1.54, 1.807) is 17.6 Å². The molecule has 2 N–H and O–H groups in total. The van der Waals surface area contributed by atoms with E-state index in [1.165, 1.54) is 28.9 Å². The molecule has 0 atom stereocenters. The molecule has 2 aliphatic rings. The quantitative estimate of drug-likeness (QED) is 0.359. The maximum atomic E-state index is 13.3. The summed E-state index contributed by atoms with van der Waals surface area (Å²) in [6.07, 6.45) is 3.89. The summed E-state index contributed by atoms with van der Waals surface area (Å²) < 4.78 is 28.1. The highest BCUT2D eigenvalue weighted by atomic mass is 32.2. The predicted octanol–water partition coefficient (Wildman–Crippen LogP) is 3.04. The second-order valence-electron chi connectivity index (χ2n) is 9.00. The Bertz CT molecular complexity index is 1310. The number of hydrogen-bond acceptors (Lipinski definition) is 8. The van der Waals surface area contributed by atoms with Crippen molar-refractivity contribution in [3.63, 3.8) is 0 Å². The normalized spacial score (nSPS) is 17.4. The fraction of sp³-hybridized carbons (Fsp3) is 0.360. The molecule has 0 aliphatic carbocycles. The van der Waals surface area contributed by atoms with Crippen LogP contribution in [0.5, 0.6) is 0 Å². The van der Waals surface area contributed by atoms with E-state index in [2.05, 4.69) is 28.1 Å². The van der Waals surface area contributed by atoms with Gasteiger partial charge in [-0.2, -0.15) is 4.31 Å². The molecule has 36 heavy (non-hydrogen) atoms. The molecule has 11 heteroatoms. The molecule has 2 saturated heterocycles. The Hall–Kier alpha value is -2.83. The Kier molecular flexibility index (Phi) is 7.35. The van der Waals surface area contributed by atoms with Crippen LogP contribution in [0.15, 0.2) is 59.6 Å². The topological polar surface area (TPSA) is 106 Å². The Labute approximate surface area is 215 Å². The van der Waals surface area contributed by atoms with Crippen molar-refractivity contribution in [3.8, 4) is 11.1 Å². The Morgan fingerprint density at radius 2 is 1.67 bits per heavy atom. The molecule has 1 aromatic heterocycles. The SMILES string of the molecule is O=C(NO)c1cnc(N2CCN(S(=O)(=O)c3ccc(-c4ccccc4CN4CCCC4)cc3)CC2)s1. The maximum absolute atomic E-state index is 13.3. The second-order valence-corrected chi connectivity index (χ2v) is 12.0. The third-order valence-corrected chi connectivity index (χ3v) is 9.71. The van der Waals surface area contributed by atoms with E-state index in [0.29, 0.717) is 36.2 Å². The van der Waals surface area contributed by atoms with Crippen LogP contribution in [0.25, 0.3) is 11.1 Å². The van der Waals surface area contributed by atoms with Gasteiger partial charge in [-0.15, -0.1) is 0 Å². The lowest BCUT2D eigenvalue weighted by molar-refractivity contribution is 0.0710. The fourth-order valence-corrected chi connectivity index (χ4v) is 7.05. The number of aromatic nitrogens is 1. The summed E-state index contributed by atoms with van der Waals surface area (Å²) in [6, 6.07) is 15.5. The Balaban J connectivity index is 1.26. The monoisotopic (exact) mass is 527 g/mol. The minimum Gasteiger partial charge on any atom is -0.345 e. The van der Waals surface area contributed by atoms with Crippen LogP contribution in [0.1, 0.15) is 28.1 Å². The summed E-state index contributed by atoms with van der Waals surface area (Å²) in [5.74, 6) is -0.609. The number of carbonyl (C=O) groups excluding carboxylic acids is 1. The van der Waals surface area contributed by atoms with Crippen molar-refractivity contribution in [1.82, 2.24) is 19.7 Å². The molecule has 2 aliphatic heterocycles. The van der Waals surface area contributed by atoms with Crippen LogP contribution in [0.2, 0.25) is 0 Å². The lowest BCUT2D eigenvalue weighted by atomic mass is 9.99. The molecule has 0 spiro atoms. The molecule has 9 nitrogen and oxygen atoms in total. The van der Waals surface area contributed by atoms with Crippen LogP contribution in [-0.2, 0) is 16.6 Å². The van der Waals surface area contributed by atoms with E-state index in [4.69, 9.17) is 5.21 Å². The van der Waals surface area contributed by atoms with Gasteiger partial charge >= 0.3 is 0 Å². The zero-order chi connectivity index (χ0) is 25.1. The van der Waals surface area contributed by atoms with Gasteiger partial charge in [-0.25, -0.2) is 18.9 Å². The molecule has 1 amide bonds. The molecular weight excluding hydrogens is 498 g/mol. The summed E-state index contributed by atoms with van der Waals surface area (Å²) in [7, 11) is -3.62. The number of nitrogens with one attached hydrogen (secondary N) is 1. The second kappa shape index (κ2) is 10.7. The molecule has 3 heterocycles. The first-order chi connectivity index (χ1) is 17.5. The van der Waals surface area contributed by atoms with E-state index in [1.807, 2.05) is 23.1 Å². The number of thiazole rings is 1. The standard InChI is InChI=1S/C25H29N5O4S2/c31-24(27-32)23-17-26-25(35-23)29-13-15-30(16-14-29)36(33,34)21-9-7-19(8-10-21)22-6-2-1-5-20(22)18-28-11-3-4-12-28/h1-2,5-10,17,32H,3-4,11-16,18H2,(H,27,31). The van der Waals surface area contributed by atoms with E-state index >= 15 is 0 Å². The van der Waals surface area contributed by atoms with Gasteiger partial charge in [-0.3, -0.25) is 14.9 Å². The van der Waals surface area contributed by atoms with Gasteiger partial charge in [0.05, 0.1) is 11.1 Å². The van der Waals surface area contributed by atoms with Crippen molar-refractivity contribution in [2.45, 2.75) is 24.3 Å². The first-order valence-corrected chi connectivity index (χ1v) is 14.3. The number of sulfonamides is 1.